The lowest BCUT2D eigenvalue weighted by Gasteiger charge is -2.19. The Labute approximate surface area is 121 Å². The summed E-state index contributed by atoms with van der Waals surface area (Å²) in [5.74, 6) is 5.74. The molecule has 0 radical (unpaired) electrons. The van der Waals surface area contributed by atoms with Gasteiger partial charge in [-0.15, -0.1) is 0 Å². The number of hydrogen-bond donors (Lipinski definition) is 2. The fraction of sp³-hybridized carbons (Fsp3) is 0.294. The van der Waals surface area contributed by atoms with Crippen LogP contribution < -0.4 is 16.2 Å². The van der Waals surface area contributed by atoms with Gasteiger partial charge >= 0.3 is 0 Å². The summed E-state index contributed by atoms with van der Waals surface area (Å²) in [4.78, 5) is 2.09. The Kier molecular flexibility index (Phi) is 4.77. The molecule has 1 unspecified atom stereocenters. The third-order valence-electron chi connectivity index (χ3n) is 3.63. The van der Waals surface area contributed by atoms with Gasteiger partial charge in [-0.2, -0.15) is 0 Å². The van der Waals surface area contributed by atoms with Crippen molar-refractivity contribution in [2.45, 2.75) is 19.4 Å². The lowest BCUT2D eigenvalue weighted by molar-refractivity contribution is 0.636. The van der Waals surface area contributed by atoms with Gasteiger partial charge in [0.05, 0.1) is 6.04 Å². The summed E-state index contributed by atoms with van der Waals surface area (Å²) in [6, 6.07) is 17.1. The maximum absolute atomic E-state index is 5.74. The molecule has 3 nitrogen and oxygen atoms in total. The predicted octanol–water partition coefficient (Wildman–Crippen LogP) is 2.87. The minimum absolute atomic E-state index is 0.0251. The molecule has 2 aromatic carbocycles. The SMILES string of the molecule is CCc1ccc(C(NN)c2ccc(N(C)C)cc2)cc1. The van der Waals surface area contributed by atoms with Crippen LogP contribution >= 0.6 is 0 Å². The third kappa shape index (κ3) is 3.18. The van der Waals surface area contributed by atoms with E-state index in [1.165, 1.54) is 22.4 Å². The van der Waals surface area contributed by atoms with Gasteiger partial charge in [-0.3, -0.25) is 5.84 Å². The van der Waals surface area contributed by atoms with Gasteiger partial charge in [0.2, 0.25) is 0 Å². The predicted molar refractivity (Wildman–Crippen MR) is 85.8 cm³/mol. The van der Waals surface area contributed by atoms with E-state index in [0.717, 1.165) is 6.42 Å². The molecule has 0 bridgehead atoms. The van der Waals surface area contributed by atoms with E-state index in [1.54, 1.807) is 0 Å². The van der Waals surface area contributed by atoms with E-state index in [9.17, 15) is 0 Å². The van der Waals surface area contributed by atoms with E-state index in [0.29, 0.717) is 0 Å². The first-order chi connectivity index (χ1) is 9.65. The van der Waals surface area contributed by atoms with Crippen LogP contribution in [0.4, 0.5) is 5.69 Å². The summed E-state index contributed by atoms with van der Waals surface area (Å²) in [6.45, 7) is 2.16. The van der Waals surface area contributed by atoms with Crippen LogP contribution in [0.2, 0.25) is 0 Å². The molecule has 2 rings (SSSR count). The van der Waals surface area contributed by atoms with Crippen LogP contribution in [0.5, 0.6) is 0 Å². The first-order valence-electron chi connectivity index (χ1n) is 6.98. The number of hydrazine groups is 1. The molecule has 2 aromatic rings. The summed E-state index contributed by atoms with van der Waals surface area (Å²) in [6.07, 6.45) is 1.05. The first kappa shape index (κ1) is 14.6. The van der Waals surface area contributed by atoms with E-state index in [2.05, 4.69) is 65.8 Å². The maximum Gasteiger partial charge on any atom is 0.0710 e. The average molecular weight is 269 g/mol. The largest absolute Gasteiger partial charge is 0.378 e. The zero-order valence-corrected chi connectivity index (χ0v) is 12.4. The molecule has 0 heterocycles. The molecule has 0 amide bonds. The number of anilines is 1. The quantitative estimate of drug-likeness (QED) is 0.648. The third-order valence-corrected chi connectivity index (χ3v) is 3.63. The molecule has 106 valence electrons. The fourth-order valence-electron chi connectivity index (χ4n) is 2.30. The second-order valence-electron chi connectivity index (χ2n) is 5.18. The van der Waals surface area contributed by atoms with Crippen LogP contribution in [0.1, 0.15) is 29.7 Å². The molecule has 0 fully saturated rings. The van der Waals surface area contributed by atoms with Crippen molar-refractivity contribution in [3.05, 3.63) is 65.2 Å². The van der Waals surface area contributed by atoms with E-state index in [4.69, 9.17) is 5.84 Å². The molecule has 0 aliphatic carbocycles. The Balaban J connectivity index is 2.26. The summed E-state index contributed by atoms with van der Waals surface area (Å²) in [5, 5.41) is 0. The van der Waals surface area contributed by atoms with Crippen LogP contribution in [0.25, 0.3) is 0 Å². The van der Waals surface area contributed by atoms with Gasteiger partial charge in [-0.1, -0.05) is 43.3 Å². The number of nitrogens with one attached hydrogen (secondary N) is 1. The highest BCUT2D eigenvalue weighted by Crippen LogP contribution is 2.24. The van der Waals surface area contributed by atoms with E-state index in [1.807, 2.05) is 14.1 Å². The Hall–Kier alpha value is -1.84. The van der Waals surface area contributed by atoms with Crippen LogP contribution in [-0.4, -0.2) is 14.1 Å². The summed E-state index contributed by atoms with van der Waals surface area (Å²) in [5.41, 5.74) is 7.78. The van der Waals surface area contributed by atoms with Crippen molar-refractivity contribution in [3.63, 3.8) is 0 Å². The highest BCUT2D eigenvalue weighted by atomic mass is 15.2. The second-order valence-corrected chi connectivity index (χ2v) is 5.18. The number of hydrogen-bond acceptors (Lipinski definition) is 3. The molecular formula is C17H23N3. The monoisotopic (exact) mass is 269 g/mol. The van der Waals surface area contributed by atoms with Gasteiger partial charge in [-0.25, -0.2) is 5.43 Å². The number of rotatable bonds is 5. The van der Waals surface area contributed by atoms with E-state index < -0.39 is 0 Å². The molecule has 3 N–H and O–H groups in total. The second kappa shape index (κ2) is 6.55. The van der Waals surface area contributed by atoms with Gasteiger partial charge in [-0.05, 0) is 35.2 Å². The number of nitrogens with zero attached hydrogens (tertiary/aromatic N) is 1. The van der Waals surface area contributed by atoms with Gasteiger partial charge in [0.15, 0.2) is 0 Å². The molecule has 0 aliphatic heterocycles. The van der Waals surface area contributed by atoms with Gasteiger partial charge in [0.25, 0.3) is 0 Å². The molecule has 3 heteroatoms. The maximum atomic E-state index is 5.74. The Morgan fingerprint density at radius 1 is 0.950 bits per heavy atom. The Morgan fingerprint density at radius 2 is 1.45 bits per heavy atom. The van der Waals surface area contributed by atoms with Crippen molar-refractivity contribution in [2.24, 2.45) is 5.84 Å². The van der Waals surface area contributed by atoms with E-state index in [-0.39, 0.29) is 6.04 Å². The summed E-state index contributed by atoms with van der Waals surface area (Å²) in [7, 11) is 4.08. The minimum Gasteiger partial charge on any atom is -0.378 e. The lowest BCUT2D eigenvalue weighted by Crippen LogP contribution is -2.28. The lowest BCUT2D eigenvalue weighted by atomic mass is 9.97. The molecule has 0 aliphatic rings. The van der Waals surface area contributed by atoms with Crippen molar-refractivity contribution in [1.82, 2.24) is 5.43 Å². The molecule has 0 saturated heterocycles. The number of aryl methyl sites for hydroxylation is 1. The van der Waals surface area contributed by atoms with Crippen LogP contribution in [0, 0.1) is 0 Å². The highest BCUT2D eigenvalue weighted by molar-refractivity contribution is 5.47. The molecule has 1 atom stereocenters. The van der Waals surface area contributed by atoms with Gasteiger partial charge in [0.1, 0.15) is 0 Å². The van der Waals surface area contributed by atoms with Crippen LogP contribution in [0.3, 0.4) is 0 Å². The summed E-state index contributed by atoms with van der Waals surface area (Å²) < 4.78 is 0. The zero-order valence-electron chi connectivity index (χ0n) is 12.4. The minimum atomic E-state index is 0.0251. The fourth-order valence-corrected chi connectivity index (χ4v) is 2.30. The number of nitrogens with two attached hydrogens (primary N) is 1. The van der Waals surface area contributed by atoms with Crippen molar-refractivity contribution >= 4 is 5.69 Å². The molecule has 0 spiro atoms. The van der Waals surface area contributed by atoms with E-state index >= 15 is 0 Å². The van der Waals surface area contributed by atoms with Crippen LogP contribution in [0.15, 0.2) is 48.5 Å². The Bertz CT molecular complexity index is 529. The van der Waals surface area contributed by atoms with Crippen molar-refractivity contribution in [3.8, 4) is 0 Å². The Morgan fingerprint density at radius 3 is 1.85 bits per heavy atom. The molecule has 0 saturated carbocycles. The van der Waals surface area contributed by atoms with Crippen molar-refractivity contribution < 1.29 is 0 Å². The highest BCUT2D eigenvalue weighted by Gasteiger charge is 2.12. The van der Waals surface area contributed by atoms with Gasteiger partial charge in [0, 0.05) is 19.8 Å². The summed E-state index contributed by atoms with van der Waals surface area (Å²) >= 11 is 0. The van der Waals surface area contributed by atoms with Crippen molar-refractivity contribution in [2.75, 3.05) is 19.0 Å². The molecule has 20 heavy (non-hydrogen) atoms. The molecular weight excluding hydrogens is 246 g/mol. The topological polar surface area (TPSA) is 41.3 Å². The standard InChI is InChI=1S/C17H23N3/c1-4-13-5-7-14(8-6-13)17(19-18)15-9-11-16(12-10-15)20(2)3/h5-12,17,19H,4,18H2,1-3H3. The average Bonchev–Trinajstić information content (AvgIpc) is 2.49. The number of benzene rings is 2. The zero-order chi connectivity index (χ0) is 14.5. The normalized spacial score (nSPS) is 12.2. The first-order valence-corrected chi connectivity index (χ1v) is 6.98. The molecule has 0 aromatic heterocycles. The van der Waals surface area contributed by atoms with Crippen molar-refractivity contribution in [1.29, 1.82) is 0 Å². The smallest absolute Gasteiger partial charge is 0.0710 e. The van der Waals surface area contributed by atoms with Crippen LogP contribution in [-0.2, 0) is 6.42 Å². The van der Waals surface area contributed by atoms with Gasteiger partial charge < -0.3 is 4.90 Å².